The van der Waals surface area contributed by atoms with Crippen molar-refractivity contribution in [1.29, 1.82) is 0 Å². The summed E-state index contributed by atoms with van der Waals surface area (Å²) in [5.41, 5.74) is 1.24. The number of nitrogens with zero attached hydrogens (tertiary/aromatic N) is 2. The Kier molecular flexibility index (Phi) is 5.53. The van der Waals surface area contributed by atoms with Crippen molar-refractivity contribution in [3.63, 3.8) is 0 Å². The minimum atomic E-state index is -3.72. The quantitative estimate of drug-likeness (QED) is 0.781. The molecule has 126 valence electrons. The van der Waals surface area contributed by atoms with Gasteiger partial charge in [-0.2, -0.15) is 0 Å². The van der Waals surface area contributed by atoms with E-state index >= 15 is 0 Å². The number of sulfonamides is 1. The molecule has 23 heavy (non-hydrogen) atoms. The molecule has 6 nitrogen and oxygen atoms in total. The summed E-state index contributed by atoms with van der Waals surface area (Å²) >= 11 is 2.77. The van der Waals surface area contributed by atoms with Crippen LogP contribution in [0.1, 0.15) is 25.0 Å². The fourth-order valence-electron chi connectivity index (χ4n) is 2.12. The Morgan fingerprint density at radius 1 is 1.22 bits per heavy atom. The summed E-state index contributed by atoms with van der Waals surface area (Å²) in [7, 11) is -2.17. The van der Waals surface area contributed by atoms with Gasteiger partial charge in [0, 0.05) is 5.25 Å². The Bertz CT molecular complexity index is 778. The summed E-state index contributed by atoms with van der Waals surface area (Å²) in [6.45, 7) is 7.56. The van der Waals surface area contributed by atoms with Gasteiger partial charge in [0.2, 0.25) is 5.13 Å². The average molecular weight is 374 g/mol. The molecule has 0 aliphatic carbocycles. The van der Waals surface area contributed by atoms with Gasteiger partial charge in [0.25, 0.3) is 10.0 Å². The third kappa shape index (κ3) is 4.36. The van der Waals surface area contributed by atoms with Gasteiger partial charge in [-0.25, -0.2) is 8.42 Å². The van der Waals surface area contributed by atoms with Gasteiger partial charge < -0.3 is 4.74 Å². The van der Waals surface area contributed by atoms with Crippen molar-refractivity contribution in [2.24, 2.45) is 0 Å². The minimum Gasteiger partial charge on any atom is -0.497 e. The number of hydrogen-bond acceptors (Lipinski definition) is 7. The summed E-state index contributed by atoms with van der Waals surface area (Å²) in [5, 5.41) is 8.52. The van der Waals surface area contributed by atoms with Crippen molar-refractivity contribution in [3.05, 3.63) is 23.3 Å². The van der Waals surface area contributed by atoms with E-state index in [2.05, 4.69) is 14.9 Å². The lowest BCUT2D eigenvalue weighted by atomic mass is 10.1. The Balaban J connectivity index is 2.31. The van der Waals surface area contributed by atoms with Gasteiger partial charge in [0.15, 0.2) is 4.34 Å². The molecule has 0 saturated carbocycles. The minimum absolute atomic E-state index is 0.242. The van der Waals surface area contributed by atoms with Crippen LogP contribution in [-0.4, -0.2) is 31.0 Å². The zero-order valence-corrected chi connectivity index (χ0v) is 16.0. The molecule has 0 amide bonds. The first-order chi connectivity index (χ1) is 10.7. The lowest BCUT2D eigenvalue weighted by Crippen LogP contribution is -2.15. The second kappa shape index (κ2) is 7.06. The van der Waals surface area contributed by atoms with E-state index in [0.717, 1.165) is 4.34 Å². The number of anilines is 1. The van der Waals surface area contributed by atoms with E-state index in [1.54, 1.807) is 44.9 Å². The van der Waals surface area contributed by atoms with Gasteiger partial charge in [-0.3, -0.25) is 4.72 Å². The number of methoxy groups -OCH3 is 1. The van der Waals surface area contributed by atoms with E-state index in [0.29, 0.717) is 22.1 Å². The Hall–Kier alpha value is -1.32. The Morgan fingerprint density at radius 3 is 2.35 bits per heavy atom. The first kappa shape index (κ1) is 18.0. The van der Waals surface area contributed by atoms with Gasteiger partial charge in [-0.05, 0) is 37.1 Å². The van der Waals surface area contributed by atoms with Crippen LogP contribution < -0.4 is 9.46 Å². The monoisotopic (exact) mass is 373 g/mol. The normalized spacial score (nSPS) is 11.7. The molecule has 0 atom stereocenters. The molecule has 0 saturated heterocycles. The molecule has 1 aromatic carbocycles. The summed E-state index contributed by atoms with van der Waals surface area (Å²) in [4.78, 5) is 0.242. The van der Waals surface area contributed by atoms with Crippen LogP contribution in [0.5, 0.6) is 5.75 Å². The molecule has 9 heteroatoms. The maximum atomic E-state index is 12.7. The van der Waals surface area contributed by atoms with Crippen molar-refractivity contribution in [1.82, 2.24) is 10.2 Å². The predicted molar refractivity (Wildman–Crippen MR) is 94.2 cm³/mol. The standard InChI is InChI=1S/C14H19N3O3S3/c1-8(2)21-14-16-15-13(22-14)17-23(18,19)12-9(3)6-11(20-5)7-10(12)4/h6-8H,1-5H3,(H,15,17). The highest BCUT2D eigenvalue weighted by Gasteiger charge is 2.22. The maximum Gasteiger partial charge on any atom is 0.264 e. The highest BCUT2D eigenvalue weighted by Crippen LogP contribution is 2.31. The number of thioether (sulfide) groups is 1. The van der Waals surface area contributed by atoms with Crippen LogP contribution in [0.15, 0.2) is 21.4 Å². The molecular formula is C14H19N3O3S3. The highest BCUT2D eigenvalue weighted by atomic mass is 32.2. The second-order valence-electron chi connectivity index (χ2n) is 5.24. The third-order valence-corrected chi connectivity index (χ3v) is 6.60. The Morgan fingerprint density at radius 2 is 1.83 bits per heavy atom. The molecule has 1 aromatic heterocycles. The average Bonchev–Trinajstić information content (AvgIpc) is 2.82. The number of aryl methyl sites for hydroxylation is 2. The SMILES string of the molecule is COc1cc(C)c(S(=O)(=O)Nc2nnc(SC(C)C)s2)c(C)c1. The topological polar surface area (TPSA) is 81.2 Å². The summed E-state index contributed by atoms with van der Waals surface area (Å²) < 4.78 is 33.7. The van der Waals surface area contributed by atoms with Crippen molar-refractivity contribution in [2.45, 2.75) is 42.2 Å². The molecule has 0 fully saturated rings. The van der Waals surface area contributed by atoms with Gasteiger partial charge in [0.1, 0.15) is 5.75 Å². The first-order valence-corrected chi connectivity index (χ1v) is 10.1. The fourth-order valence-corrected chi connectivity index (χ4v) is 5.78. The van der Waals surface area contributed by atoms with E-state index in [1.807, 2.05) is 13.8 Å². The summed E-state index contributed by atoms with van der Waals surface area (Å²) in [6, 6.07) is 3.39. The first-order valence-electron chi connectivity index (χ1n) is 6.91. The molecule has 1 N–H and O–H groups in total. The van der Waals surface area contributed by atoms with Crippen LogP contribution in [0, 0.1) is 13.8 Å². The molecular weight excluding hydrogens is 354 g/mol. The summed E-state index contributed by atoms with van der Waals surface area (Å²) in [6.07, 6.45) is 0. The van der Waals surface area contributed by atoms with Gasteiger partial charge in [-0.15, -0.1) is 10.2 Å². The zero-order chi connectivity index (χ0) is 17.2. The largest absolute Gasteiger partial charge is 0.497 e. The molecule has 0 aliphatic rings. The number of nitrogens with one attached hydrogen (secondary N) is 1. The lowest BCUT2D eigenvalue weighted by molar-refractivity contribution is 0.413. The Labute approximate surface area is 144 Å². The maximum absolute atomic E-state index is 12.7. The van der Waals surface area contributed by atoms with Gasteiger partial charge in [-0.1, -0.05) is 36.9 Å². The number of ether oxygens (including phenoxy) is 1. The van der Waals surface area contributed by atoms with Crippen LogP contribution in [0.25, 0.3) is 0 Å². The smallest absolute Gasteiger partial charge is 0.264 e. The van der Waals surface area contributed by atoms with E-state index < -0.39 is 10.0 Å². The number of rotatable bonds is 6. The van der Waals surface area contributed by atoms with Crippen LogP contribution in [0.3, 0.4) is 0 Å². The second-order valence-corrected chi connectivity index (χ2v) is 9.66. The molecule has 2 rings (SSSR count). The highest BCUT2D eigenvalue weighted by molar-refractivity contribution is 8.01. The van der Waals surface area contributed by atoms with Crippen molar-refractivity contribution >= 4 is 38.3 Å². The van der Waals surface area contributed by atoms with Gasteiger partial charge in [0.05, 0.1) is 12.0 Å². The summed E-state index contributed by atoms with van der Waals surface area (Å²) in [5.74, 6) is 0.630. The van der Waals surface area contributed by atoms with E-state index in [-0.39, 0.29) is 10.0 Å². The van der Waals surface area contributed by atoms with Gasteiger partial charge >= 0.3 is 0 Å². The van der Waals surface area contributed by atoms with E-state index in [1.165, 1.54) is 11.3 Å². The van der Waals surface area contributed by atoms with Crippen molar-refractivity contribution < 1.29 is 13.2 Å². The number of benzene rings is 1. The van der Waals surface area contributed by atoms with Crippen molar-refractivity contribution in [3.8, 4) is 5.75 Å². The third-order valence-electron chi connectivity index (χ3n) is 2.90. The van der Waals surface area contributed by atoms with Crippen LogP contribution in [0.2, 0.25) is 0 Å². The zero-order valence-electron chi connectivity index (χ0n) is 13.6. The van der Waals surface area contributed by atoms with E-state index in [4.69, 9.17) is 4.74 Å². The predicted octanol–water partition coefficient (Wildman–Crippen LogP) is 3.46. The molecule has 1 heterocycles. The number of hydrogen-bond donors (Lipinski definition) is 1. The van der Waals surface area contributed by atoms with Crippen LogP contribution >= 0.6 is 23.1 Å². The lowest BCUT2D eigenvalue weighted by Gasteiger charge is -2.12. The molecule has 0 bridgehead atoms. The molecule has 0 radical (unpaired) electrons. The molecule has 0 unspecified atom stereocenters. The molecule has 0 spiro atoms. The van der Waals surface area contributed by atoms with Crippen LogP contribution in [0.4, 0.5) is 5.13 Å². The molecule has 0 aliphatic heterocycles. The fraction of sp³-hybridized carbons (Fsp3) is 0.429. The van der Waals surface area contributed by atoms with Crippen LogP contribution in [-0.2, 0) is 10.0 Å². The molecule has 2 aromatic rings. The van der Waals surface area contributed by atoms with Crippen molar-refractivity contribution in [2.75, 3.05) is 11.8 Å². The number of aromatic nitrogens is 2. The van der Waals surface area contributed by atoms with E-state index in [9.17, 15) is 8.42 Å².